The van der Waals surface area contributed by atoms with Crippen molar-refractivity contribution in [3.8, 4) is 11.6 Å². The van der Waals surface area contributed by atoms with Crippen molar-refractivity contribution in [2.45, 2.75) is 6.92 Å². The van der Waals surface area contributed by atoms with E-state index in [1.807, 2.05) is 37.3 Å². The minimum Gasteiger partial charge on any atom is -0.466 e. The van der Waals surface area contributed by atoms with Gasteiger partial charge < -0.3 is 4.74 Å². The van der Waals surface area contributed by atoms with Gasteiger partial charge in [0, 0.05) is 23.3 Å². The lowest BCUT2D eigenvalue weighted by Crippen LogP contribution is -2.20. The summed E-state index contributed by atoms with van der Waals surface area (Å²) < 4.78 is 7.07. The standard InChI is InChI=1S/C15H14N4O2S/c1-11-9-16-15(22-11)17-13(20)10-21-14-7-8-19(18-14)12-5-3-2-4-6-12/h2-9H,10H2,1H3,(H,16,17,20). The van der Waals surface area contributed by atoms with Crippen molar-refractivity contribution < 1.29 is 9.53 Å². The molecule has 0 saturated heterocycles. The summed E-state index contributed by atoms with van der Waals surface area (Å²) in [6, 6.07) is 11.4. The Morgan fingerprint density at radius 2 is 2.14 bits per heavy atom. The number of amides is 1. The quantitative estimate of drug-likeness (QED) is 0.786. The number of hydrogen-bond donors (Lipinski definition) is 1. The summed E-state index contributed by atoms with van der Waals surface area (Å²) in [5.41, 5.74) is 0.931. The lowest BCUT2D eigenvalue weighted by atomic mass is 10.3. The summed E-state index contributed by atoms with van der Waals surface area (Å²) in [7, 11) is 0. The van der Waals surface area contributed by atoms with Crippen LogP contribution < -0.4 is 10.1 Å². The monoisotopic (exact) mass is 314 g/mol. The van der Waals surface area contributed by atoms with Gasteiger partial charge in [0.2, 0.25) is 5.88 Å². The number of thiazole rings is 1. The largest absolute Gasteiger partial charge is 0.466 e. The summed E-state index contributed by atoms with van der Waals surface area (Å²) in [5.74, 6) is 0.137. The molecule has 0 aliphatic rings. The average Bonchev–Trinajstić information content (AvgIpc) is 3.15. The lowest BCUT2D eigenvalue weighted by Gasteiger charge is -2.03. The van der Waals surface area contributed by atoms with Crippen LogP contribution in [-0.4, -0.2) is 27.3 Å². The number of carbonyl (C=O) groups excluding carboxylic acids is 1. The highest BCUT2D eigenvalue weighted by atomic mass is 32.1. The predicted molar refractivity (Wildman–Crippen MR) is 84.5 cm³/mol. The first-order valence-corrected chi connectivity index (χ1v) is 7.48. The van der Waals surface area contributed by atoms with Crippen LogP contribution >= 0.6 is 11.3 Å². The zero-order chi connectivity index (χ0) is 15.4. The average molecular weight is 314 g/mol. The molecule has 112 valence electrons. The highest BCUT2D eigenvalue weighted by Crippen LogP contribution is 2.16. The first kappa shape index (κ1) is 14.3. The summed E-state index contributed by atoms with van der Waals surface area (Å²) in [4.78, 5) is 16.9. The van der Waals surface area contributed by atoms with Crippen LogP contribution in [0.15, 0.2) is 48.8 Å². The van der Waals surface area contributed by atoms with Crippen LogP contribution in [0.25, 0.3) is 5.69 Å². The number of benzene rings is 1. The maximum Gasteiger partial charge on any atom is 0.264 e. The number of para-hydroxylation sites is 1. The van der Waals surface area contributed by atoms with Crippen molar-refractivity contribution in [1.82, 2.24) is 14.8 Å². The Labute approximate surface area is 131 Å². The highest BCUT2D eigenvalue weighted by Gasteiger charge is 2.08. The summed E-state index contributed by atoms with van der Waals surface area (Å²) in [6.45, 7) is 1.82. The molecule has 0 aliphatic heterocycles. The van der Waals surface area contributed by atoms with Crippen LogP contribution in [0.5, 0.6) is 5.88 Å². The second kappa shape index (κ2) is 6.40. The fourth-order valence-corrected chi connectivity index (χ4v) is 2.50. The Hall–Kier alpha value is -2.67. The van der Waals surface area contributed by atoms with Crippen molar-refractivity contribution in [1.29, 1.82) is 0 Å². The Morgan fingerprint density at radius 3 is 2.86 bits per heavy atom. The zero-order valence-electron chi connectivity index (χ0n) is 11.9. The molecule has 0 radical (unpaired) electrons. The smallest absolute Gasteiger partial charge is 0.264 e. The number of ether oxygens (including phenoxy) is 1. The molecule has 6 nitrogen and oxygen atoms in total. The van der Waals surface area contributed by atoms with Gasteiger partial charge in [-0.3, -0.25) is 10.1 Å². The fraction of sp³-hybridized carbons (Fsp3) is 0.133. The molecule has 1 N–H and O–H groups in total. The number of aromatic nitrogens is 3. The van der Waals surface area contributed by atoms with Gasteiger partial charge in [0.1, 0.15) is 0 Å². The van der Waals surface area contributed by atoms with Crippen molar-refractivity contribution >= 4 is 22.4 Å². The highest BCUT2D eigenvalue weighted by molar-refractivity contribution is 7.15. The van der Waals surface area contributed by atoms with E-state index in [0.29, 0.717) is 11.0 Å². The second-order valence-electron chi connectivity index (χ2n) is 4.55. The molecule has 3 rings (SSSR count). The van der Waals surface area contributed by atoms with E-state index < -0.39 is 0 Å². The van der Waals surface area contributed by atoms with E-state index in [2.05, 4.69) is 15.4 Å². The zero-order valence-corrected chi connectivity index (χ0v) is 12.7. The molecule has 0 fully saturated rings. The molecule has 2 aromatic heterocycles. The van der Waals surface area contributed by atoms with E-state index in [4.69, 9.17) is 4.74 Å². The van der Waals surface area contributed by atoms with Gasteiger partial charge in [-0.05, 0) is 19.1 Å². The van der Waals surface area contributed by atoms with E-state index in [1.54, 1.807) is 23.1 Å². The van der Waals surface area contributed by atoms with Gasteiger partial charge >= 0.3 is 0 Å². The Bertz CT molecular complexity index is 767. The maximum atomic E-state index is 11.8. The number of aryl methyl sites for hydroxylation is 1. The number of hydrogen-bond acceptors (Lipinski definition) is 5. The van der Waals surface area contributed by atoms with Crippen molar-refractivity contribution in [2.75, 3.05) is 11.9 Å². The number of carbonyl (C=O) groups is 1. The molecule has 0 saturated carbocycles. The van der Waals surface area contributed by atoms with Gasteiger partial charge in [-0.1, -0.05) is 18.2 Å². The molecular formula is C15H14N4O2S. The van der Waals surface area contributed by atoms with E-state index in [1.165, 1.54) is 11.3 Å². The molecule has 7 heteroatoms. The van der Waals surface area contributed by atoms with Crippen molar-refractivity contribution in [3.63, 3.8) is 0 Å². The molecule has 0 atom stereocenters. The van der Waals surface area contributed by atoms with Gasteiger partial charge in [-0.15, -0.1) is 16.4 Å². The van der Waals surface area contributed by atoms with Crippen LogP contribution in [0.4, 0.5) is 5.13 Å². The van der Waals surface area contributed by atoms with Crippen LogP contribution in [-0.2, 0) is 4.79 Å². The summed E-state index contributed by atoms with van der Waals surface area (Å²) in [5, 5.41) is 7.52. The predicted octanol–water partition coefficient (Wildman–Crippen LogP) is 2.65. The number of rotatable bonds is 5. The number of anilines is 1. The molecule has 3 aromatic rings. The number of nitrogens with zero attached hydrogens (tertiary/aromatic N) is 3. The topological polar surface area (TPSA) is 69.0 Å². The molecule has 1 amide bonds. The molecular weight excluding hydrogens is 300 g/mol. The third-order valence-corrected chi connectivity index (χ3v) is 3.63. The molecule has 1 aromatic carbocycles. The molecule has 0 bridgehead atoms. The van der Waals surface area contributed by atoms with E-state index in [9.17, 15) is 4.79 Å². The van der Waals surface area contributed by atoms with Crippen LogP contribution in [0.2, 0.25) is 0 Å². The summed E-state index contributed by atoms with van der Waals surface area (Å²) in [6.07, 6.45) is 3.50. The van der Waals surface area contributed by atoms with Gasteiger partial charge in [-0.25, -0.2) is 9.67 Å². The lowest BCUT2D eigenvalue weighted by molar-refractivity contribution is -0.118. The van der Waals surface area contributed by atoms with Crippen LogP contribution in [0, 0.1) is 6.92 Å². The van der Waals surface area contributed by atoms with E-state index in [0.717, 1.165) is 10.6 Å². The second-order valence-corrected chi connectivity index (χ2v) is 5.78. The third-order valence-electron chi connectivity index (χ3n) is 2.80. The van der Waals surface area contributed by atoms with Crippen LogP contribution in [0.3, 0.4) is 0 Å². The minimum atomic E-state index is -0.261. The van der Waals surface area contributed by atoms with Gasteiger partial charge in [0.15, 0.2) is 11.7 Å². The normalized spacial score (nSPS) is 10.4. The van der Waals surface area contributed by atoms with Crippen LogP contribution in [0.1, 0.15) is 4.88 Å². The Balaban J connectivity index is 1.56. The van der Waals surface area contributed by atoms with Crippen molar-refractivity contribution in [3.05, 3.63) is 53.7 Å². The van der Waals surface area contributed by atoms with Gasteiger partial charge in [-0.2, -0.15) is 0 Å². The maximum absolute atomic E-state index is 11.8. The Kier molecular flexibility index (Phi) is 4.15. The van der Waals surface area contributed by atoms with Gasteiger partial charge in [0.25, 0.3) is 5.91 Å². The SMILES string of the molecule is Cc1cnc(NC(=O)COc2ccn(-c3ccccc3)n2)s1. The summed E-state index contributed by atoms with van der Waals surface area (Å²) >= 11 is 1.42. The molecule has 22 heavy (non-hydrogen) atoms. The minimum absolute atomic E-state index is 0.107. The molecule has 0 unspecified atom stereocenters. The molecule has 0 aliphatic carbocycles. The first-order chi connectivity index (χ1) is 10.7. The molecule has 2 heterocycles. The van der Waals surface area contributed by atoms with E-state index in [-0.39, 0.29) is 12.5 Å². The Morgan fingerprint density at radius 1 is 1.32 bits per heavy atom. The first-order valence-electron chi connectivity index (χ1n) is 6.67. The number of nitrogens with one attached hydrogen (secondary N) is 1. The van der Waals surface area contributed by atoms with Crippen molar-refractivity contribution in [2.24, 2.45) is 0 Å². The molecule has 0 spiro atoms. The van der Waals surface area contributed by atoms with E-state index >= 15 is 0 Å². The third kappa shape index (κ3) is 3.50. The fourth-order valence-electron chi connectivity index (χ4n) is 1.82. The van der Waals surface area contributed by atoms with Gasteiger partial charge in [0.05, 0.1) is 5.69 Å².